The molecule has 1 aliphatic heterocycles. The Balaban J connectivity index is 1.50. The standard InChI is InChI=1S/C20H23N3O4/c1-14-13-15(3-8-18(14)23-11-9-22-20(23)25)19(24)21-10-12-27-17-6-4-16(26-2)5-7-17/h3-8,13H,9-12H2,1-2H3,(H,21,24)(H,22,25). The number of aryl methyl sites for hydroxylation is 1. The molecule has 7 nitrogen and oxygen atoms in total. The molecule has 0 aromatic heterocycles. The first-order valence-electron chi connectivity index (χ1n) is 8.79. The molecule has 0 spiro atoms. The lowest BCUT2D eigenvalue weighted by molar-refractivity contribution is 0.0947. The van der Waals surface area contributed by atoms with Gasteiger partial charge in [-0.2, -0.15) is 0 Å². The summed E-state index contributed by atoms with van der Waals surface area (Å²) >= 11 is 0. The molecule has 2 N–H and O–H groups in total. The van der Waals surface area contributed by atoms with E-state index < -0.39 is 0 Å². The molecule has 1 fully saturated rings. The summed E-state index contributed by atoms with van der Waals surface area (Å²) in [6.45, 7) is 3.91. The van der Waals surface area contributed by atoms with Crippen LogP contribution in [0.25, 0.3) is 0 Å². The van der Waals surface area contributed by atoms with E-state index in [0.29, 0.717) is 37.6 Å². The topological polar surface area (TPSA) is 79.9 Å². The molecule has 2 aromatic carbocycles. The lowest BCUT2D eigenvalue weighted by atomic mass is 10.1. The molecule has 0 bridgehead atoms. The van der Waals surface area contributed by atoms with Crippen molar-refractivity contribution in [2.45, 2.75) is 6.92 Å². The quantitative estimate of drug-likeness (QED) is 0.734. The van der Waals surface area contributed by atoms with E-state index in [2.05, 4.69) is 10.6 Å². The Hall–Kier alpha value is -3.22. The Kier molecular flexibility index (Phi) is 5.80. The number of rotatable bonds is 7. The van der Waals surface area contributed by atoms with Crippen LogP contribution in [0.2, 0.25) is 0 Å². The van der Waals surface area contributed by atoms with Crippen LogP contribution in [0, 0.1) is 6.92 Å². The molecule has 0 atom stereocenters. The predicted molar refractivity (Wildman–Crippen MR) is 103 cm³/mol. The zero-order valence-corrected chi connectivity index (χ0v) is 15.5. The first kappa shape index (κ1) is 18.6. The van der Waals surface area contributed by atoms with Gasteiger partial charge in [0.15, 0.2) is 0 Å². The van der Waals surface area contributed by atoms with Gasteiger partial charge in [0.25, 0.3) is 5.91 Å². The predicted octanol–water partition coefficient (Wildman–Crippen LogP) is 2.34. The molecule has 1 heterocycles. The normalized spacial score (nSPS) is 13.3. The fourth-order valence-electron chi connectivity index (χ4n) is 2.91. The maximum absolute atomic E-state index is 12.3. The summed E-state index contributed by atoms with van der Waals surface area (Å²) in [6, 6.07) is 12.5. The van der Waals surface area contributed by atoms with Crippen LogP contribution in [0.1, 0.15) is 15.9 Å². The highest BCUT2D eigenvalue weighted by Crippen LogP contribution is 2.23. The maximum Gasteiger partial charge on any atom is 0.322 e. The van der Waals surface area contributed by atoms with Crippen LogP contribution < -0.4 is 25.0 Å². The molecule has 7 heteroatoms. The van der Waals surface area contributed by atoms with E-state index >= 15 is 0 Å². The molecular formula is C20H23N3O4. The molecule has 0 aliphatic carbocycles. The van der Waals surface area contributed by atoms with Gasteiger partial charge in [0.05, 0.1) is 13.7 Å². The van der Waals surface area contributed by atoms with Crippen molar-refractivity contribution in [3.05, 3.63) is 53.6 Å². The summed E-state index contributed by atoms with van der Waals surface area (Å²) < 4.78 is 10.7. The third-order valence-corrected chi connectivity index (χ3v) is 4.32. The molecule has 1 aliphatic rings. The highest BCUT2D eigenvalue weighted by molar-refractivity contribution is 5.97. The van der Waals surface area contributed by atoms with Gasteiger partial charge in [0.1, 0.15) is 18.1 Å². The lowest BCUT2D eigenvalue weighted by Gasteiger charge is -2.17. The molecule has 1 saturated heterocycles. The van der Waals surface area contributed by atoms with Gasteiger partial charge in [-0.25, -0.2) is 4.79 Å². The lowest BCUT2D eigenvalue weighted by Crippen LogP contribution is -2.29. The molecule has 0 unspecified atom stereocenters. The Morgan fingerprint density at radius 1 is 1.19 bits per heavy atom. The summed E-state index contributed by atoms with van der Waals surface area (Å²) in [5.74, 6) is 1.31. The van der Waals surface area contributed by atoms with Crippen molar-refractivity contribution < 1.29 is 19.1 Å². The number of methoxy groups -OCH3 is 1. The van der Waals surface area contributed by atoms with Crippen LogP contribution in [-0.4, -0.2) is 45.3 Å². The number of hydrogen-bond acceptors (Lipinski definition) is 4. The number of ether oxygens (including phenoxy) is 2. The summed E-state index contributed by atoms with van der Waals surface area (Å²) in [7, 11) is 1.61. The van der Waals surface area contributed by atoms with E-state index in [1.807, 2.05) is 37.3 Å². The van der Waals surface area contributed by atoms with Gasteiger partial charge in [0.2, 0.25) is 0 Å². The number of benzene rings is 2. The fraction of sp³-hybridized carbons (Fsp3) is 0.300. The van der Waals surface area contributed by atoms with Gasteiger partial charge in [0, 0.05) is 24.3 Å². The number of hydrogen-bond donors (Lipinski definition) is 2. The molecule has 0 saturated carbocycles. The molecule has 27 heavy (non-hydrogen) atoms. The van der Waals surface area contributed by atoms with Crippen LogP contribution in [0.5, 0.6) is 11.5 Å². The zero-order valence-electron chi connectivity index (χ0n) is 15.5. The highest BCUT2D eigenvalue weighted by atomic mass is 16.5. The number of urea groups is 1. The Bertz CT molecular complexity index is 820. The number of carbonyl (C=O) groups is 2. The van der Waals surface area contributed by atoms with E-state index in [-0.39, 0.29) is 11.9 Å². The van der Waals surface area contributed by atoms with Crippen molar-refractivity contribution in [3.8, 4) is 11.5 Å². The van der Waals surface area contributed by atoms with Crippen LogP contribution in [0.3, 0.4) is 0 Å². The minimum absolute atomic E-state index is 0.106. The van der Waals surface area contributed by atoms with Gasteiger partial charge in [-0.3, -0.25) is 9.69 Å². The number of anilines is 1. The Morgan fingerprint density at radius 3 is 2.56 bits per heavy atom. The van der Waals surface area contributed by atoms with Crippen molar-refractivity contribution >= 4 is 17.6 Å². The molecule has 142 valence electrons. The van der Waals surface area contributed by atoms with E-state index in [0.717, 1.165) is 17.0 Å². The average Bonchev–Trinajstić information content (AvgIpc) is 3.11. The number of nitrogens with one attached hydrogen (secondary N) is 2. The first-order chi connectivity index (χ1) is 13.1. The molecule has 2 aromatic rings. The second kappa shape index (κ2) is 8.44. The van der Waals surface area contributed by atoms with Crippen molar-refractivity contribution in [2.24, 2.45) is 0 Å². The van der Waals surface area contributed by atoms with Crippen molar-refractivity contribution in [2.75, 3.05) is 38.3 Å². The third kappa shape index (κ3) is 4.49. The second-order valence-corrected chi connectivity index (χ2v) is 6.16. The molecular weight excluding hydrogens is 346 g/mol. The smallest absolute Gasteiger partial charge is 0.322 e. The van der Waals surface area contributed by atoms with Crippen LogP contribution >= 0.6 is 0 Å². The van der Waals surface area contributed by atoms with E-state index in [1.54, 1.807) is 24.1 Å². The largest absolute Gasteiger partial charge is 0.497 e. The minimum atomic E-state index is -0.172. The summed E-state index contributed by atoms with van der Waals surface area (Å²) in [4.78, 5) is 25.8. The molecule has 0 radical (unpaired) electrons. The van der Waals surface area contributed by atoms with Crippen LogP contribution in [0.4, 0.5) is 10.5 Å². The second-order valence-electron chi connectivity index (χ2n) is 6.16. The first-order valence-corrected chi connectivity index (χ1v) is 8.79. The van der Waals surface area contributed by atoms with Gasteiger partial charge in [-0.05, 0) is 55.0 Å². The van der Waals surface area contributed by atoms with Gasteiger partial charge >= 0.3 is 6.03 Å². The molecule has 3 rings (SSSR count). The molecule has 3 amide bonds. The van der Waals surface area contributed by atoms with Crippen molar-refractivity contribution in [1.29, 1.82) is 0 Å². The SMILES string of the molecule is COc1ccc(OCCNC(=O)c2ccc(N3CCNC3=O)c(C)c2)cc1. The zero-order chi connectivity index (χ0) is 19.2. The van der Waals surface area contributed by atoms with Crippen molar-refractivity contribution in [3.63, 3.8) is 0 Å². The summed E-state index contributed by atoms with van der Waals surface area (Å²) in [5, 5.41) is 5.61. The van der Waals surface area contributed by atoms with Crippen LogP contribution in [-0.2, 0) is 0 Å². The third-order valence-electron chi connectivity index (χ3n) is 4.32. The van der Waals surface area contributed by atoms with Gasteiger partial charge in [-0.15, -0.1) is 0 Å². The number of nitrogens with zero attached hydrogens (tertiary/aromatic N) is 1. The Labute approximate surface area is 158 Å². The van der Waals surface area contributed by atoms with Gasteiger partial charge in [-0.1, -0.05) is 0 Å². The average molecular weight is 369 g/mol. The monoisotopic (exact) mass is 369 g/mol. The summed E-state index contributed by atoms with van der Waals surface area (Å²) in [5.41, 5.74) is 2.26. The maximum atomic E-state index is 12.3. The van der Waals surface area contributed by atoms with Gasteiger partial charge < -0.3 is 20.1 Å². The van der Waals surface area contributed by atoms with Crippen LogP contribution in [0.15, 0.2) is 42.5 Å². The van der Waals surface area contributed by atoms with E-state index in [4.69, 9.17) is 9.47 Å². The Morgan fingerprint density at radius 2 is 1.93 bits per heavy atom. The number of amides is 3. The number of carbonyl (C=O) groups excluding carboxylic acids is 2. The highest BCUT2D eigenvalue weighted by Gasteiger charge is 2.22. The fourth-order valence-corrected chi connectivity index (χ4v) is 2.91. The van der Waals surface area contributed by atoms with E-state index in [1.165, 1.54) is 0 Å². The minimum Gasteiger partial charge on any atom is -0.497 e. The van der Waals surface area contributed by atoms with Crippen molar-refractivity contribution in [1.82, 2.24) is 10.6 Å². The van der Waals surface area contributed by atoms with E-state index in [9.17, 15) is 9.59 Å². The summed E-state index contributed by atoms with van der Waals surface area (Å²) in [6.07, 6.45) is 0.